The number of carboxylic acids is 1. The molecular weight excluding hydrogens is 306 g/mol. The number of aliphatic carboxylic acids is 1. The largest absolute Gasteiger partial charge is 0.480 e. The lowest BCUT2D eigenvalue weighted by Crippen LogP contribution is -2.40. The average Bonchev–Trinajstić information content (AvgIpc) is 2.38. The van der Waals surface area contributed by atoms with Gasteiger partial charge in [0.25, 0.3) is 0 Å². The number of halogens is 1. The van der Waals surface area contributed by atoms with Crippen LogP contribution in [0.2, 0.25) is 0 Å². The van der Waals surface area contributed by atoms with Gasteiger partial charge in [-0.05, 0) is 42.2 Å². The topological polar surface area (TPSA) is 118 Å². The predicted molar refractivity (Wildman–Crippen MR) is 90.6 cm³/mol. The molecule has 0 unspecified atom stereocenters. The standard InChI is InChI=1S/C15H21N3O3.ClH/c1-9(2)7-13(15(20)21)18-14(19)6-3-10-8-11(16)4-5-12(10)17;/h3-6,8-9,13H,7,16-17H2,1-2H3,(H,18,19)(H,20,21);1H/b6-3+;/t13-;/m0./s1. The number of carboxylic acid groups (broad SMARTS) is 1. The minimum atomic E-state index is -1.05. The fraction of sp³-hybridized carbons (Fsp3) is 0.333. The molecule has 0 fully saturated rings. The van der Waals surface area contributed by atoms with Gasteiger partial charge in [-0.2, -0.15) is 0 Å². The van der Waals surface area contributed by atoms with Crippen LogP contribution < -0.4 is 16.8 Å². The van der Waals surface area contributed by atoms with Crippen molar-refractivity contribution in [3.05, 3.63) is 29.8 Å². The number of nitrogens with two attached hydrogens (primary N) is 2. The minimum absolute atomic E-state index is 0. The van der Waals surface area contributed by atoms with Gasteiger partial charge in [0.05, 0.1) is 0 Å². The predicted octanol–water partition coefficient (Wildman–Crippen LogP) is 1.90. The highest BCUT2D eigenvalue weighted by atomic mass is 35.5. The van der Waals surface area contributed by atoms with E-state index in [2.05, 4.69) is 5.32 Å². The highest BCUT2D eigenvalue weighted by Crippen LogP contribution is 2.17. The summed E-state index contributed by atoms with van der Waals surface area (Å²) in [6, 6.07) is 4.05. The van der Waals surface area contributed by atoms with Crippen LogP contribution in [0.25, 0.3) is 6.08 Å². The van der Waals surface area contributed by atoms with E-state index in [4.69, 9.17) is 16.6 Å². The summed E-state index contributed by atoms with van der Waals surface area (Å²) in [5.41, 5.74) is 13.0. The Morgan fingerprint density at radius 3 is 2.50 bits per heavy atom. The number of benzene rings is 1. The van der Waals surface area contributed by atoms with Crippen molar-refractivity contribution in [1.82, 2.24) is 5.32 Å². The monoisotopic (exact) mass is 327 g/mol. The van der Waals surface area contributed by atoms with Crippen LogP contribution in [-0.4, -0.2) is 23.0 Å². The molecule has 6 N–H and O–H groups in total. The Morgan fingerprint density at radius 2 is 1.95 bits per heavy atom. The molecule has 1 rings (SSSR count). The second-order valence-corrected chi connectivity index (χ2v) is 5.25. The number of carbonyl (C=O) groups is 2. The van der Waals surface area contributed by atoms with Crippen LogP contribution in [-0.2, 0) is 9.59 Å². The SMILES string of the molecule is CC(C)C[C@H](NC(=O)/C=C/c1cc(N)ccc1N)C(=O)O.Cl. The summed E-state index contributed by atoms with van der Waals surface area (Å²) in [6.07, 6.45) is 3.13. The molecule has 0 saturated heterocycles. The summed E-state index contributed by atoms with van der Waals surface area (Å²) >= 11 is 0. The van der Waals surface area contributed by atoms with Gasteiger partial charge in [0.2, 0.25) is 5.91 Å². The molecule has 0 aliphatic carbocycles. The molecular formula is C15H22ClN3O3. The first-order valence-corrected chi connectivity index (χ1v) is 6.66. The molecule has 0 bridgehead atoms. The number of anilines is 2. The molecule has 1 aromatic rings. The van der Waals surface area contributed by atoms with Crippen molar-refractivity contribution in [3.63, 3.8) is 0 Å². The number of nitrogen functional groups attached to an aromatic ring is 2. The third-order valence-corrected chi connectivity index (χ3v) is 2.85. The molecule has 0 spiro atoms. The van der Waals surface area contributed by atoms with Crippen molar-refractivity contribution in [2.45, 2.75) is 26.3 Å². The van der Waals surface area contributed by atoms with E-state index in [1.807, 2.05) is 13.8 Å². The molecule has 7 heteroatoms. The summed E-state index contributed by atoms with van der Waals surface area (Å²) in [6.45, 7) is 3.79. The van der Waals surface area contributed by atoms with Gasteiger partial charge >= 0.3 is 5.97 Å². The highest BCUT2D eigenvalue weighted by Gasteiger charge is 2.19. The summed E-state index contributed by atoms with van der Waals surface area (Å²) < 4.78 is 0. The van der Waals surface area contributed by atoms with Crippen LogP contribution >= 0.6 is 12.4 Å². The number of hydrogen-bond donors (Lipinski definition) is 4. The van der Waals surface area contributed by atoms with Gasteiger partial charge in [-0.25, -0.2) is 4.79 Å². The zero-order chi connectivity index (χ0) is 16.0. The fourth-order valence-corrected chi connectivity index (χ4v) is 1.82. The second-order valence-electron chi connectivity index (χ2n) is 5.25. The van der Waals surface area contributed by atoms with Gasteiger partial charge < -0.3 is 21.9 Å². The van der Waals surface area contributed by atoms with Crippen molar-refractivity contribution in [1.29, 1.82) is 0 Å². The van der Waals surface area contributed by atoms with Crippen LogP contribution in [0.3, 0.4) is 0 Å². The van der Waals surface area contributed by atoms with E-state index in [1.54, 1.807) is 18.2 Å². The molecule has 0 aliphatic heterocycles. The Morgan fingerprint density at radius 1 is 1.32 bits per heavy atom. The van der Waals surface area contributed by atoms with Crippen molar-refractivity contribution in [3.8, 4) is 0 Å². The molecule has 1 atom stereocenters. The summed E-state index contributed by atoms with van der Waals surface area (Å²) in [7, 11) is 0. The molecule has 122 valence electrons. The molecule has 0 aliphatic rings. The third-order valence-electron chi connectivity index (χ3n) is 2.85. The van der Waals surface area contributed by atoms with E-state index in [-0.39, 0.29) is 18.3 Å². The third kappa shape index (κ3) is 6.49. The van der Waals surface area contributed by atoms with E-state index < -0.39 is 17.9 Å². The number of rotatable bonds is 6. The first-order chi connectivity index (χ1) is 9.79. The zero-order valence-electron chi connectivity index (χ0n) is 12.6. The average molecular weight is 328 g/mol. The normalized spacial score (nSPS) is 12.0. The van der Waals surface area contributed by atoms with E-state index in [9.17, 15) is 9.59 Å². The number of nitrogens with one attached hydrogen (secondary N) is 1. The van der Waals surface area contributed by atoms with Crippen molar-refractivity contribution in [2.24, 2.45) is 5.92 Å². The quantitative estimate of drug-likeness (QED) is 0.470. The maximum absolute atomic E-state index is 11.8. The highest BCUT2D eigenvalue weighted by molar-refractivity contribution is 5.95. The lowest BCUT2D eigenvalue weighted by atomic mass is 10.0. The number of carbonyl (C=O) groups excluding carboxylic acids is 1. The molecule has 6 nitrogen and oxygen atoms in total. The molecule has 22 heavy (non-hydrogen) atoms. The molecule has 0 radical (unpaired) electrons. The summed E-state index contributed by atoms with van der Waals surface area (Å²) in [5, 5.41) is 11.5. The van der Waals surface area contributed by atoms with Gasteiger partial charge in [0.1, 0.15) is 6.04 Å². The Hall–Kier alpha value is -2.21. The Labute approximate surface area is 136 Å². The van der Waals surface area contributed by atoms with Gasteiger partial charge in [-0.15, -0.1) is 12.4 Å². The van der Waals surface area contributed by atoms with E-state index in [0.29, 0.717) is 23.4 Å². The van der Waals surface area contributed by atoms with Crippen LogP contribution in [0.5, 0.6) is 0 Å². The van der Waals surface area contributed by atoms with Crippen LogP contribution in [0.1, 0.15) is 25.8 Å². The Bertz CT molecular complexity index is 559. The van der Waals surface area contributed by atoms with Gasteiger partial charge in [0.15, 0.2) is 0 Å². The summed E-state index contributed by atoms with van der Waals surface area (Å²) in [4.78, 5) is 22.8. The maximum atomic E-state index is 11.8. The molecule has 0 aromatic heterocycles. The van der Waals surface area contributed by atoms with Gasteiger partial charge in [-0.3, -0.25) is 4.79 Å². The van der Waals surface area contributed by atoms with Crippen LogP contribution in [0, 0.1) is 5.92 Å². The number of hydrogen-bond acceptors (Lipinski definition) is 4. The lowest BCUT2D eigenvalue weighted by Gasteiger charge is -2.15. The Kier molecular flexibility index (Phi) is 8.04. The van der Waals surface area contributed by atoms with Crippen molar-refractivity contribution in [2.75, 3.05) is 11.5 Å². The van der Waals surface area contributed by atoms with E-state index in [1.165, 1.54) is 12.2 Å². The first kappa shape index (κ1) is 19.8. The first-order valence-electron chi connectivity index (χ1n) is 6.66. The lowest BCUT2D eigenvalue weighted by molar-refractivity contribution is -0.141. The van der Waals surface area contributed by atoms with Crippen molar-refractivity contribution >= 4 is 41.7 Å². The smallest absolute Gasteiger partial charge is 0.326 e. The zero-order valence-corrected chi connectivity index (χ0v) is 13.4. The van der Waals surface area contributed by atoms with Gasteiger partial charge in [0, 0.05) is 17.5 Å². The maximum Gasteiger partial charge on any atom is 0.326 e. The van der Waals surface area contributed by atoms with Gasteiger partial charge in [-0.1, -0.05) is 13.8 Å². The van der Waals surface area contributed by atoms with E-state index in [0.717, 1.165) is 0 Å². The number of amides is 1. The molecule has 1 aromatic carbocycles. The van der Waals surface area contributed by atoms with Crippen molar-refractivity contribution < 1.29 is 14.7 Å². The van der Waals surface area contributed by atoms with E-state index >= 15 is 0 Å². The minimum Gasteiger partial charge on any atom is -0.480 e. The second kappa shape index (κ2) is 8.94. The molecule has 0 saturated carbocycles. The van der Waals surface area contributed by atoms with Crippen LogP contribution in [0.15, 0.2) is 24.3 Å². The Balaban J connectivity index is 0.00000441. The summed E-state index contributed by atoms with van der Waals surface area (Å²) in [5.74, 6) is -1.36. The van der Waals surface area contributed by atoms with Crippen LogP contribution in [0.4, 0.5) is 11.4 Å². The molecule has 1 amide bonds. The fourth-order valence-electron chi connectivity index (χ4n) is 1.82. The molecule has 0 heterocycles.